The average Bonchev–Trinajstić information content (AvgIpc) is 2.66. The molecule has 0 aliphatic carbocycles. The van der Waals surface area contributed by atoms with Gasteiger partial charge < -0.3 is 0 Å². The molecule has 5 nitrogen and oxygen atoms in total. The van der Waals surface area contributed by atoms with E-state index in [-0.39, 0.29) is 25.5 Å². The Bertz CT molecular complexity index is 493. The maximum Gasteiger partial charge on any atom is 0.442 e. The summed E-state index contributed by atoms with van der Waals surface area (Å²) in [5.74, 6) is -0.249. The van der Waals surface area contributed by atoms with E-state index in [9.17, 15) is 9.36 Å². The first-order valence-electron chi connectivity index (χ1n) is 5.93. The number of nitrogens with zero attached hydrogens (tertiary/aromatic N) is 1. The zero-order valence-electron chi connectivity index (χ0n) is 10.5. The number of fused-ring (bicyclic) bond motifs is 1. The minimum atomic E-state index is -3.57. The van der Waals surface area contributed by atoms with Crippen LogP contribution in [0.2, 0.25) is 0 Å². The summed E-state index contributed by atoms with van der Waals surface area (Å²) >= 11 is 0. The van der Waals surface area contributed by atoms with Crippen molar-refractivity contribution in [1.29, 1.82) is 0 Å². The summed E-state index contributed by atoms with van der Waals surface area (Å²) in [4.78, 5) is 12.0. The summed E-state index contributed by atoms with van der Waals surface area (Å²) in [6, 6.07) is 7.24. The third-order valence-electron chi connectivity index (χ3n) is 2.63. The average molecular weight is 269 g/mol. The molecule has 0 saturated heterocycles. The predicted octanol–water partition coefficient (Wildman–Crippen LogP) is 2.76. The summed E-state index contributed by atoms with van der Waals surface area (Å²) < 4.78 is 24.3. The van der Waals surface area contributed by atoms with Crippen LogP contribution in [0.1, 0.15) is 19.4 Å². The van der Waals surface area contributed by atoms with Crippen molar-refractivity contribution in [2.75, 3.05) is 17.9 Å². The van der Waals surface area contributed by atoms with Gasteiger partial charge in [0.05, 0.1) is 25.3 Å². The summed E-state index contributed by atoms with van der Waals surface area (Å²) in [6.07, 6.45) is 0.236. The van der Waals surface area contributed by atoms with Gasteiger partial charge in [-0.25, -0.2) is 9.24 Å². The molecule has 0 unspecified atom stereocenters. The zero-order valence-corrected chi connectivity index (χ0v) is 11.4. The van der Waals surface area contributed by atoms with Gasteiger partial charge in [-0.05, 0) is 25.5 Å². The Balaban J connectivity index is 2.42. The molecule has 1 aliphatic rings. The van der Waals surface area contributed by atoms with E-state index < -0.39 is 7.75 Å². The van der Waals surface area contributed by atoms with E-state index in [0.29, 0.717) is 5.69 Å². The molecule has 0 N–H and O–H groups in total. The smallest absolute Gasteiger partial charge is 0.292 e. The molecule has 0 radical (unpaired) electrons. The second-order valence-corrected chi connectivity index (χ2v) is 5.67. The Morgan fingerprint density at radius 2 is 1.83 bits per heavy atom. The van der Waals surface area contributed by atoms with E-state index in [1.807, 2.05) is 12.1 Å². The molecular formula is C12H16NO4P. The van der Waals surface area contributed by atoms with Crippen LogP contribution in [-0.4, -0.2) is 19.1 Å². The lowest BCUT2D eigenvalue weighted by atomic mass is 10.2. The highest BCUT2D eigenvalue weighted by atomic mass is 31.2. The molecule has 6 heteroatoms. The van der Waals surface area contributed by atoms with Crippen molar-refractivity contribution in [3.05, 3.63) is 29.8 Å². The lowest BCUT2D eigenvalue weighted by molar-refractivity contribution is -0.116. The standard InChI is InChI=1S/C12H16NO4P/c1-3-16-18(15,17-4-2)13-11-8-6-5-7-10(11)9-12(13)14/h5-8H,3-4,9H2,1-2H3. The molecular weight excluding hydrogens is 253 g/mol. The van der Waals surface area contributed by atoms with Gasteiger partial charge in [-0.1, -0.05) is 18.2 Å². The third kappa shape index (κ3) is 2.21. The number of hydrogen-bond donors (Lipinski definition) is 0. The van der Waals surface area contributed by atoms with Crippen LogP contribution in [0.25, 0.3) is 0 Å². The number of carbonyl (C=O) groups excluding carboxylic acids is 1. The van der Waals surface area contributed by atoms with Crippen LogP contribution in [0.4, 0.5) is 5.69 Å². The highest BCUT2D eigenvalue weighted by Gasteiger charge is 2.43. The maximum atomic E-state index is 12.6. The number of carbonyl (C=O) groups is 1. The van der Waals surface area contributed by atoms with E-state index in [1.165, 1.54) is 4.67 Å². The first-order valence-corrected chi connectivity index (χ1v) is 7.42. The van der Waals surface area contributed by atoms with Gasteiger partial charge in [0.25, 0.3) is 0 Å². The lowest BCUT2D eigenvalue weighted by Crippen LogP contribution is -2.26. The molecule has 1 aromatic carbocycles. The minimum Gasteiger partial charge on any atom is -0.292 e. The van der Waals surface area contributed by atoms with Crippen molar-refractivity contribution in [2.24, 2.45) is 0 Å². The summed E-state index contributed by atoms with van der Waals surface area (Å²) in [5.41, 5.74) is 1.47. The van der Waals surface area contributed by atoms with Gasteiger partial charge in [-0.15, -0.1) is 0 Å². The molecule has 98 valence electrons. The van der Waals surface area contributed by atoms with Crippen molar-refractivity contribution in [1.82, 2.24) is 0 Å². The SMILES string of the molecule is CCOP(=O)(OCC)N1C(=O)Cc2ccccc21. The zero-order chi connectivity index (χ0) is 13.2. The van der Waals surface area contributed by atoms with Crippen LogP contribution in [-0.2, 0) is 24.8 Å². The number of rotatable bonds is 5. The molecule has 0 bridgehead atoms. The molecule has 1 heterocycles. The Labute approximate surface area is 106 Å². The van der Waals surface area contributed by atoms with Gasteiger partial charge in [-0.2, -0.15) is 0 Å². The number of hydrogen-bond acceptors (Lipinski definition) is 4. The fourth-order valence-electron chi connectivity index (χ4n) is 1.99. The quantitative estimate of drug-likeness (QED) is 0.771. The van der Waals surface area contributed by atoms with E-state index in [4.69, 9.17) is 9.05 Å². The normalized spacial score (nSPS) is 15.0. The van der Waals surface area contributed by atoms with Gasteiger partial charge in [0.2, 0.25) is 5.91 Å². The first kappa shape index (κ1) is 13.3. The second kappa shape index (κ2) is 5.22. The molecule has 2 rings (SSSR count). The van der Waals surface area contributed by atoms with Crippen LogP contribution in [0, 0.1) is 0 Å². The Morgan fingerprint density at radius 1 is 1.22 bits per heavy atom. The largest absolute Gasteiger partial charge is 0.442 e. The van der Waals surface area contributed by atoms with Crippen molar-refractivity contribution in [3.63, 3.8) is 0 Å². The van der Waals surface area contributed by atoms with E-state index in [1.54, 1.807) is 26.0 Å². The fourth-order valence-corrected chi connectivity index (χ4v) is 3.75. The van der Waals surface area contributed by atoms with Crippen LogP contribution in [0.15, 0.2) is 24.3 Å². The summed E-state index contributed by atoms with van der Waals surface area (Å²) in [6.45, 7) is 3.89. The van der Waals surface area contributed by atoms with E-state index >= 15 is 0 Å². The molecule has 18 heavy (non-hydrogen) atoms. The van der Waals surface area contributed by atoms with Gasteiger partial charge in [0, 0.05) is 0 Å². The van der Waals surface area contributed by atoms with Gasteiger partial charge >= 0.3 is 7.75 Å². The van der Waals surface area contributed by atoms with Gasteiger partial charge in [0.15, 0.2) is 0 Å². The predicted molar refractivity (Wildman–Crippen MR) is 68.5 cm³/mol. The fraction of sp³-hybridized carbons (Fsp3) is 0.417. The summed E-state index contributed by atoms with van der Waals surface area (Å²) in [5, 5.41) is 0. The van der Waals surface area contributed by atoms with E-state index in [0.717, 1.165) is 5.56 Å². The van der Waals surface area contributed by atoms with Crippen LogP contribution < -0.4 is 4.67 Å². The molecule has 1 aromatic rings. The van der Waals surface area contributed by atoms with Crippen LogP contribution >= 0.6 is 7.75 Å². The Hall–Kier alpha value is -1.16. The molecule has 0 aromatic heterocycles. The van der Waals surface area contributed by atoms with Crippen LogP contribution in [0.5, 0.6) is 0 Å². The van der Waals surface area contributed by atoms with Gasteiger partial charge in [0.1, 0.15) is 0 Å². The molecule has 0 atom stereocenters. The van der Waals surface area contributed by atoms with Gasteiger partial charge in [-0.3, -0.25) is 13.8 Å². The number of amides is 1. The van der Waals surface area contributed by atoms with Crippen molar-refractivity contribution >= 4 is 19.3 Å². The minimum absolute atomic E-state index is 0.225. The Kier molecular flexibility index (Phi) is 3.85. The highest BCUT2D eigenvalue weighted by molar-refractivity contribution is 7.56. The summed E-state index contributed by atoms with van der Waals surface area (Å²) in [7, 11) is -3.57. The van der Waals surface area contributed by atoms with Crippen molar-refractivity contribution in [3.8, 4) is 0 Å². The van der Waals surface area contributed by atoms with E-state index in [2.05, 4.69) is 0 Å². The molecule has 0 fully saturated rings. The third-order valence-corrected chi connectivity index (χ3v) is 4.72. The van der Waals surface area contributed by atoms with Crippen LogP contribution in [0.3, 0.4) is 0 Å². The number of anilines is 1. The number of para-hydroxylation sites is 1. The Morgan fingerprint density at radius 3 is 2.44 bits per heavy atom. The molecule has 0 saturated carbocycles. The molecule has 1 aliphatic heterocycles. The maximum absolute atomic E-state index is 12.6. The first-order chi connectivity index (χ1) is 8.62. The van der Waals surface area contributed by atoms with Crippen molar-refractivity contribution in [2.45, 2.75) is 20.3 Å². The van der Waals surface area contributed by atoms with Crippen molar-refractivity contribution < 1.29 is 18.4 Å². The molecule has 1 amide bonds. The second-order valence-electron chi connectivity index (χ2n) is 3.82. The molecule has 0 spiro atoms. The number of benzene rings is 1. The lowest BCUT2D eigenvalue weighted by Gasteiger charge is -2.26. The monoisotopic (exact) mass is 269 g/mol. The topological polar surface area (TPSA) is 55.8 Å². The highest BCUT2D eigenvalue weighted by Crippen LogP contribution is 2.56.